The molecule has 1 amide bonds. The molecule has 0 unspecified atom stereocenters. The number of thiazole rings is 1. The second kappa shape index (κ2) is 10.7. The number of hydrogen-bond acceptors (Lipinski definition) is 7. The van der Waals surface area contributed by atoms with E-state index in [0.717, 1.165) is 37.3 Å². The lowest BCUT2D eigenvalue weighted by Gasteiger charge is -2.25. The van der Waals surface area contributed by atoms with Crippen molar-refractivity contribution in [2.24, 2.45) is 0 Å². The van der Waals surface area contributed by atoms with Crippen molar-refractivity contribution in [1.82, 2.24) is 9.88 Å². The summed E-state index contributed by atoms with van der Waals surface area (Å²) < 4.78 is 16.2. The molecule has 1 N–H and O–H groups in total. The van der Waals surface area contributed by atoms with Crippen LogP contribution in [0.3, 0.4) is 0 Å². The first kappa shape index (κ1) is 23.1. The SMILES string of the molecule is COc1cc(CCC(=O)Nc2nc3c(s2)CN(Cc2ccccc2)CC3)cc(OC)c1OC. The minimum absolute atomic E-state index is 0.0593. The smallest absolute Gasteiger partial charge is 0.226 e. The van der Waals surface area contributed by atoms with Gasteiger partial charge >= 0.3 is 0 Å². The maximum absolute atomic E-state index is 12.6. The topological polar surface area (TPSA) is 72.9 Å². The molecule has 8 heteroatoms. The maximum atomic E-state index is 12.6. The summed E-state index contributed by atoms with van der Waals surface area (Å²) in [5, 5.41) is 3.65. The van der Waals surface area contributed by atoms with E-state index in [1.807, 2.05) is 18.2 Å². The summed E-state index contributed by atoms with van der Waals surface area (Å²) in [4.78, 5) is 20.9. The number of nitrogens with zero attached hydrogens (tertiary/aromatic N) is 2. The fraction of sp³-hybridized carbons (Fsp3) is 0.360. The van der Waals surface area contributed by atoms with Gasteiger partial charge in [-0.3, -0.25) is 9.69 Å². The summed E-state index contributed by atoms with van der Waals surface area (Å²) in [5.41, 5.74) is 3.35. The third-order valence-corrected chi connectivity index (χ3v) is 6.67. The lowest BCUT2D eigenvalue weighted by molar-refractivity contribution is -0.116. The fourth-order valence-corrected chi connectivity index (χ4v) is 5.06. The van der Waals surface area contributed by atoms with Crippen molar-refractivity contribution in [1.29, 1.82) is 0 Å². The zero-order valence-electron chi connectivity index (χ0n) is 19.2. The van der Waals surface area contributed by atoms with Gasteiger partial charge in [0, 0.05) is 37.4 Å². The van der Waals surface area contributed by atoms with Crippen molar-refractivity contribution in [2.45, 2.75) is 32.4 Å². The number of nitrogens with one attached hydrogen (secondary N) is 1. The van der Waals surface area contributed by atoms with Crippen LogP contribution < -0.4 is 19.5 Å². The van der Waals surface area contributed by atoms with E-state index < -0.39 is 0 Å². The number of aryl methyl sites for hydroxylation is 1. The van der Waals surface area contributed by atoms with Crippen molar-refractivity contribution in [2.75, 3.05) is 33.2 Å². The average molecular weight is 468 g/mol. The Morgan fingerprint density at radius 2 is 1.79 bits per heavy atom. The Kier molecular flexibility index (Phi) is 7.47. The molecule has 0 fully saturated rings. The first-order valence-electron chi connectivity index (χ1n) is 10.9. The van der Waals surface area contributed by atoms with Gasteiger partial charge in [-0.15, -0.1) is 11.3 Å². The van der Waals surface area contributed by atoms with Gasteiger partial charge in [0.2, 0.25) is 11.7 Å². The molecular formula is C25H29N3O4S. The summed E-state index contributed by atoms with van der Waals surface area (Å²) in [6.45, 7) is 2.76. The number of hydrogen-bond donors (Lipinski definition) is 1. The Morgan fingerprint density at radius 3 is 2.45 bits per heavy atom. The van der Waals surface area contributed by atoms with Gasteiger partial charge in [0.05, 0.1) is 27.0 Å². The van der Waals surface area contributed by atoms with E-state index in [4.69, 9.17) is 14.2 Å². The number of methoxy groups -OCH3 is 3. The average Bonchev–Trinajstić information content (AvgIpc) is 3.24. The van der Waals surface area contributed by atoms with Crippen LogP contribution in [-0.2, 0) is 30.7 Å². The standard InChI is InChI=1S/C25H29N3O4S/c1-30-20-13-18(14-21(31-2)24(20)32-3)9-10-23(29)27-25-26-19-11-12-28(16-22(19)33-25)15-17-7-5-4-6-8-17/h4-8,13-14H,9-12,15-16H2,1-3H3,(H,26,27,29). The molecular weight excluding hydrogens is 438 g/mol. The summed E-state index contributed by atoms with van der Waals surface area (Å²) in [5.74, 6) is 1.65. The lowest BCUT2D eigenvalue weighted by atomic mass is 10.1. The first-order valence-corrected chi connectivity index (χ1v) is 11.7. The molecule has 0 saturated carbocycles. The predicted molar refractivity (Wildman–Crippen MR) is 129 cm³/mol. The molecule has 0 bridgehead atoms. The molecule has 0 atom stereocenters. The number of ether oxygens (including phenoxy) is 3. The fourth-order valence-electron chi connectivity index (χ4n) is 4.00. The number of aromatic nitrogens is 1. The molecule has 1 aromatic heterocycles. The van der Waals surface area contributed by atoms with Gasteiger partial charge < -0.3 is 19.5 Å². The molecule has 174 valence electrons. The predicted octanol–water partition coefficient (Wildman–Crippen LogP) is 4.30. The second-order valence-corrected chi connectivity index (χ2v) is 9.00. The molecule has 2 aromatic carbocycles. The van der Waals surface area contributed by atoms with Gasteiger partial charge in [0.25, 0.3) is 0 Å². The number of fused-ring (bicyclic) bond motifs is 1. The van der Waals surface area contributed by atoms with E-state index in [-0.39, 0.29) is 5.91 Å². The van der Waals surface area contributed by atoms with Gasteiger partial charge in [-0.2, -0.15) is 0 Å². The van der Waals surface area contributed by atoms with E-state index in [1.54, 1.807) is 32.7 Å². The van der Waals surface area contributed by atoms with Crippen molar-refractivity contribution in [3.8, 4) is 17.2 Å². The lowest BCUT2D eigenvalue weighted by Crippen LogP contribution is -2.29. The van der Waals surface area contributed by atoms with Crippen LogP contribution in [0.2, 0.25) is 0 Å². The van der Waals surface area contributed by atoms with E-state index >= 15 is 0 Å². The second-order valence-electron chi connectivity index (χ2n) is 7.92. The third kappa shape index (κ3) is 5.64. The van der Waals surface area contributed by atoms with Crippen LogP contribution in [0.25, 0.3) is 0 Å². The summed E-state index contributed by atoms with van der Waals surface area (Å²) in [6.07, 6.45) is 1.79. The molecule has 2 heterocycles. The monoisotopic (exact) mass is 467 g/mol. The van der Waals surface area contributed by atoms with Gasteiger partial charge in [-0.1, -0.05) is 30.3 Å². The van der Waals surface area contributed by atoms with Gasteiger partial charge in [-0.25, -0.2) is 4.98 Å². The molecule has 1 aliphatic heterocycles. The Labute approximate surface area is 198 Å². The number of carbonyl (C=O) groups is 1. The largest absolute Gasteiger partial charge is 0.493 e. The minimum atomic E-state index is -0.0593. The van der Waals surface area contributed by atoms with E-state index in [0.29, 0.717) is 35.2 Å². The normalized spacial score (nSPS) is 13.3. The minimum Gasteiger partial charge on any atom is -0.493 e. The van der Waals surface area contributed by atoms with Crippen molar-refractivity contribution >= 4 is 22.4 Å². The highest BCUT2D eigenvalue weighted by molar-refractivity contribution is 7.15. The summed E-state index contributed by atoms with van der Waals surface area (Å²) >= 11 is 1.58. The van der Waals surface area contributed by atoms with Crippen LogP contribution in [0.4, 0.5) is 5.13 Å². The quantitative estimate of drug-likeness (QED) is 0.506. The highest BCUT2D eigenvalue weighted by atomic mass is 32.1. The van der Waals surface area contributed by atoms with Crippen molar-refractivity contribution < 1.29 is 19.0 Å². The van der Waals surface area contributed by atoms with Gasteiger partial charge in [0.1, 0.15) is 0 Å². The number of anilines is 1. The van der Waals surface area contributed by atoms with Crippen molar-refractivity contribution in [3.63, 3.8) is 0 Å². The summed E-state index contributed by atoms with van der Waals surface area (Å²) in [6, 6.07) is 14.2. The maximum Gasteiger partial charge on any atom is 0.226 e. The zero-order chi connectivity index (χ0) is 23.2. The molecule has 0 spiro atoms. The zero-order valence-corrected chi connectivity index (χ0v) is 20.0. The van der Waals surface area contributed by atoms with E-state index in [1.165, 1.54) is 10.4 Å². The van der Waals surface area contributed by atoms with E-state index in [2.05, 4.69) is 39.5 Å². The molecule has 4 rings (SSSR count). The van der Waals surface area contributed by atoms with Gasteiger partial charge in [0.15, 0.2) is 16.6 Å². The van der Waals surface area contributed by atoms with Gasteiger partial charge in [-0.05, 0) is 29.7 Å². The van der Waals surface area contributed by atoms with Crippen LogP contribution in [-0.4, -0.2) is 43.7 Å². The Hall–Kier alpha value is -3.10. The molecule has 1 aliphatic rings. The number of rotatable bonds is 9. The third-order valence-electron chi connectivity index (χ3n) is 5.67. The number of benzene rings is 2. The molecule has 0 radical (unpaired) electrons. The van der Waals surface area contributed by atoms with Crippen LogP contribution >= 0.6 is 11.3 Å². The van der Waals surface area contributed by atoms with Crippen LogP contribution in [0.1, 0.15) is 28.1 Å². The number of amides is 1. The highest BCUT2D eigenvalue weighted by Crippen LogP contribution is 2.38. The Morgan fingerprint density at radius 1 is 1.06 bits per heavy atom. The molecule has 33 heavy (non-hydrogen) atoms. The number of carbonyl (C=O) groups excluding carboxylic acids is 1. The molecule has 0 saturated heterocycles. The van der Waals surface area contributed by atoms with Crippen LogP contribution in [0, 0.1) is 0 Å². The Balaban J connectivity index is 1.34. The highest BCUT2D eigenvalue weighted by Gasteiger charge is 2.21. The van der Waals surface area contributed by atoms with E-state index in [9.17, 15) is 4.79 Å². The Bertz CT molecular complexity index is 1080. The van der Waals surface area contributed by atoms with Crippen LogP contribution in [0.5, 0.6) is 17.2 Å². The molecule has 0 aliphatic carbocycles. The van der Waals surface area contributed by atoms with Crippen LogP contribution in [0.15, 0.2) is 42.5 Å². The summed E-state index contributed by atoms with van der Waals surface area (Å²) in [7, 11) is 4.74. The molecule has 3 aromatic rings. The van der Waals surface area contributed by atoms with Crippen molar-refractivity contribution in [3.05, 3.63) is 64.2 Å². The first-order chi connectivity index (χ1) is 16.1. The molecule has 7 nitrogen and oxygen atoms in total.